The van der Waals surface area contributed by atoms with Crippen LogP contribution in [-0.2, 0) is 0 Å². The fourth-order valence-corrected chi connectivity index (χ4v) is 8.17. The molecule has 0 spiro atoms. The molecule has 6 aromatic carbocycles. The number of pyridine rings is 2. The van der Waals surface area contributed by atoms with Gasteiger partial charge in [-0.1, -0.05) is 72.8 Å². The number of aromatic nitrogens is 2. The zero-order valence-electron chi connectivity index (χ0n) is 24.6. The molecule has 0 atom stereocenters. The van der Waals surface area contributed by atoms with E-state index in [9.17, 15) is 0 Å². The second-order valence-electron chi connectivity index (χ2n) is 10.9. The number of fused-ring (bicyclic) bond motifs is 4. The van der Waals surface area contributed by atoms with Crippen LogP contribution in [0.1, 0.15) is 0 Å². The van der Waals surface area contributed by atoms with Crippen LogP contribution in [0.5, 0.6) is 0 Å². The average molecular weight is 603 g/mol. The molecule has 0 saturated carbocycles. The van der Waals surface area contributed by atoms with Crippen molar-refractivity contribution in [1.29, 1.82) is 0 Å². The summed E-state index contributed by atoms with van der Waals surface area (Å²) in [7, 11) is 0. The Balaban J connectivity index is 1.45. The smallest absolute Gasteiger partial charge is 0.153 e. The van der Waals surface area contributed by atoms with E-state index in [1.807, 2.05) is 23.5 Å². The third-order valence-electron chi connectivity index (χ3n) is 8.52. The van der Waals surface area contributed by atoms with Crippen molar-refractivity contribution in [3.8, 4) is 22.5 Å². The van der Waals surface area contributed by atoms with Gasteiger partial charge in [0.2, 0.25) is 33.4 Å². The van der Waals surface area contributed by atoms with Crippen molar-refractivity contribution in [1.82, 2.24) is 0 Å². The van der Waals surface area contributed by atoms with Crippen LogP contribution in [0.3, 0.4) is 0 Å². The molecule has 0 amide bonds. The minimum absolute atomic E-state index is 1.16. The van der Waals surface area contributed by atoms with Crippen LogP contribution in [0, 0.1) is 0 Å². The molecule has 2 heterocycles. The second kappa shape index (κ2) is 11.1. The normalized spacial score (nSPS) is 11.6. The van der Waals surface area contributed by atoms with Crippen LogP contribution < -0.4 is 9.13 Å². The minimum Gasteiger partial charge on any atom is -0.153 e. The SMILES string of the molecule is CSc1c2ccccc2[n+](-c2ccccc2)c2cc(-c3ccc4c(SC)c5ccccc5[n+](-c5ccccc5)c4c3)ccc12. The van der Waals surface area contributed by atoms with Crippen LogP contribution in [0.15, 0.2) is 155 Å². The highest BCUT2D eigenvalue weighted by Gasteiger charge is 2.25. The quantitative estimate of drug-likeness (QED) is 0.110. The molecule has 4 heteroatoms. The number of hydrogen-bond donors (Lipinski definition) is 0. The Labute approximate surface area is 265 Å². The molecule has 0 aliphatic heterocycles. The molecule has 8 rings (SSSR count). The summed E-state index contributed by atoms with van der Waals surface area (Å²) in [5.41, 5.74) is 9.56. The molecule has 0 aliphatic rings. The summed E-state index contributed by atoms with van der Waals surface area (Å²) in [5.74, 6) is 0. The van der Waals surface area contributed by atoms with Gasteiger partial charge in [-0.25, -0.2) is 0 Å². The van der Waals surface area contributed by atoms with Gasteiger partial charge in [-0.05, 0) is 47.9 Å². The monoisotopic (exact) mass is 602 g/mol. The van der Waals surface area contributed by atoms with Crippen LogP contribution >= 0.6 is 23.5 Å². The third-order valence-corrected chi connectivity index (χ3v) is 10.2. The Morgan fingerprint density at radius 1 is 0.364 bits per heavy atom. The highest BCUT2D eigenvalue weighted by molar-refractivity contribution is 7.99. The average Bonchev–Trinajstić information content (AvgIpc) is 3.09. The van der Waals surface area contributed by atoms with Crippen molar-refractivity contribution in [3.63, 3.8) is 0 Å². The van der Waals surface area contributed by atoms with Gasteiger partial charge < -0.3 is 0 Å². The Morgan fingerprint density at radius 2 is 0.727 bits per heavy atom. The standard InChI is InChI=1S/C40H30N2S2/c1-43-39-31-17-9-11-19-35(31)41(29-13-5-3-6-14-29)37-25-27(21-23-33(37)39)28-22-24-34-38(26-28)42(30-15-7-4-8-16-30)36-20-12-10-18-32(36)40(34)44-2/h3-26H,1-2H3/q+2. The van der Waals surface area contributed by atoms with E-state index in [0.29, 0.717) is 0 Å². The molecule has 0 fully saturated rings. The maximum atomic E-state index is 2.42. The van der Waals surface area contributed by atoms with Crippen LogP contribution in [0.25, 0.3) is 66.1 Å². The molecule has 0 unspecified atom stereocenters. The first kappa shape index (κ1) is 26.9. The van der Waals surface area contributed by atoms with Crippen molar-refractivity contribution in [3.05, 3.63) is 146 Å². The lowest BCUT2D eigenvalue weighted by Crippen LogP contribution is -2.33. The van der Waals surface area contributed by atoms with Crippen molar-refractivity contribution >= 4 is 67.1 Å². The topological polar surface area (TPSA) is 7.76 Å². The maximum Gasteiger partial charge on any atom is 0.220 e. The molecule has 44 heavy (non-hydrogen) atoms. The molecule has 8 aromatic rings. The lowest BCUT2D eigenvalue weighted by molar-refractivity contribution is -0.538. The van der Waals surface area contributed by atoms with Crippen molar-refractivity contribution in [2.24, 2.45) is 0 Å². The third kappa shape index (κ3) is 4.29. The number of rotatable bonds is 5. The summed E-state index contributed by atoms with van der Waals surface area (Å²) in [4.78, 5) is 2.62. The number of para-hydroxylation sites is 4. The number of thioether (sulfide) groups is 2. The van der Waals surface area contributed by atoms with Gasteiger partial charge in [0.1, 0.15) is 0 Å². The predicted molar refractivity (Wildman–Crippen MR) is 189 cm³/mol. The second-order valence-corrected chi connectivity index (χ2v) is 12.5. The van der Waals surface area contributed by atoms with E-state index in [-0.39, 0.29) is 0 Å². The number of benzene rings is 6. The molecule has 0 bridgehead atoms. The molecule has 210 valence electrons. The largest absolute Gasteiger partial charge is 0.220 e. The van der Waals surface area contributed by atoms with Gasteiger partial charge in [0.05, 0.1) is 21.5 Å². The summed E-state index contributed by atoms with van der Waals surface area (Å²) in [6.45, 7) is 0. The van der Waals surface area contributed by atoms with E-state index in [1.165, 1.54) is 64.5 Å². The van der Waals surface area contributed by atoms with Gasteiger partial charge in [0.15, 0.2) is 0 Å². The summed E-state index contributed by atoms with van der Waals surface area (Å²) < 4.78 is 4.83. The first-order valence-electron chi connectivity index (χ1n) is 14.8. The van der Waals surface area contributed by atoms with Gasteiger partial charge in [-0.15, -0.1) is 23.5 Å². The van der Waals surface area contributed by atoms with Crippen LogP contribution in [0.2, 0.25) is 0 Å². The lowest BCUT2D eigenvalue weighted by atomic mass is 9.99. The van der Waals surface area contributed by atoms with Gasteiger partial charge >= 0.3 is 0 Å². The zero-order valence-corrected chi connectivity index (χ0v) is 26.2. The van der Waals surface area contributed by atoms with E-state index in [2.05, 4.69) is 167 Å². The molecular formula is C40H30N2S2+2. The molecule has 2 aromatic heterocycles. The summed E-state index contributed by atoms with van der Waals surface area (Å²) >= 11 is 3.64. The summed E-state index contributed by atoms with van der Waals surface area (Å²) in [5, 5.41) is 5.07. The Bertz CT molecular complexity index is 2180. The molecule has 0 radical (unpaired) electrons. The van der Waals surface area contributed by atoms with Crippen LogP contribution in [-0.4, -0.2) is 12.5 Å². The molecule has 0 N–H and O–H groups in total. The van der Waals surface area contributed by atoms with Crippen molar-refractivity contribution < 1.29 is 9.13 Å². The first-order valence-corrected chi connectivity index (χ1v) is 17.2. The van der Waals surface area contributed by atoms with E-state index in [0.717, 1.165) is 11.4 Å². The molecule has 0 aliphatic carbocycles. The fraction of sp³-hybridized carbons (Fsp3) is 0.0500. The first-order chi connectivity index (χ1) is 21.8. The Kier molecular flexibility index (Phi) is 6.82. The highest BCUT2D eigenvalue weighted by atomic mass is 32.2. The lowest BCUT2D eigenvalue weighted by Gasteiger charge is -2.13. The zero-order chi connectivity index (χ0) is 29.6. The fourth-order valence-electron chi connectivity index (χ4n) is 6.60. The Morgan fingerprint density at radius 3 is 1.14 bits per heavy atom. The van der Waals surface area contributed by atoms with Crippen molar-refractivity contribution in [2.45, 2.75) is 9.79 Å². The number of hydrogen-bond acceptors (Lipinski definition) is 2. The predicted octanol–water partition coefficient (Wildman–Crippen LogP) is 9.96. The summed E-state index contributed by atoms with van der Waals surface area (Å²) in [6, 6.07) is 52.9. The maximum absolute atomic E-state index is 2.42. The van der Waals surface area contributed by atoms with Gasteiger partial charge in [0, 0.05) is 58.3 Å². The van der Waals surface area contributed by atoms with Crippen LogP contribution in [0.4, 0.5) is 0 Å². The van der Waals surface area contributed by atoms with Gasteiger partial charge in [-0.2, -0.15) is 9.13 Å². The highest BCUT2D eigenvalue weighted by Crippen LogP contribution is 2.37. The minimum atomic E-state index is 1.16. The summed E-state index contributed by atoms with van der Waals surface area (Å²) in [6.07, 6.45) is 4.36. The van der Waals surface area contributed by atoms with E-state index in [1.54, 1.807) is 0 Å². The van der Waals surface area contributed by atoms with E-state index < -0.39 is 0 Å². The molecule has 0 saturated heterocycles. The van der Waals surface area contributed by atoms with E-state index in [4.69, 9.17) is 0 Å². The Hall–Kier alpha value is -4.64. The van der Waals surface area contributed by atoms with Gasteiger partial charge in [0.25, 0.3) is 0 Å². The van der Waals surface area contributed by atoms with Crippen molar-refractivity contribution in [2.75, 3.05) is 12.5 Å². The van der Waals surface area contributed by atoms with Gasteiger partial charge in [-0.3, -0.25) is 0 Å². The molecular weight excluding hydrogens is 573 g/mol. The number of nitrogens with zero attached hydrogens (tertiary/aromatic N) is 2. The van der Waals surface area contributed by atoms with E-state index >= 15 is 0 Å². The molecule has 2 nitrogen and oxygen atoms in total.